The molecule has 7 nitrogen and oxygen atoms in total. The molecule has 0 aromatic heterocycles. The quantitative estimate of drug-likeness (QED) is 0.339. The second-order valence-corrected chi connectivity index (χ2v) is 7.48. The molecule has 1 aliphatic rings. The number of hydrogen-bond acceptors (Lipinski definition) is 5. The maximum Gasteiger partial charge on any atom is 0.246 e. The molecule has 0 spiro atoms. The number of benzene rings is 2. The maximum atomic E-state index is 13.3. The SMILES string of the molecule is COC(CCC(=O)N1Cc2ccccc2C=Cc2ccccc21)ON(C)C(=O)CCC=O. The summed E-state index contributed by atoms with van der Waals surface area (Å²) >= 11 is 0. The third kappa shape index (κ3) is 5.90. The number of aldehydes is 1. The van der Waals surface area contributed by atoms with Crippen molar-refractivity contribution in [1.29, 1.82) is 0 Å². The molecule has 2 amide bonds. The molecule has 7 heteroatoms. The number of amides is 2. The Bertz CT molecular complexity index is 988. The van der Waals surface area contributed by atoms with Crippen LogP contribution in [0.1, 0.15) is 42.4 Å². The molecule has 3 rings (SSSR count). The fourth-order valence-electron chi connectivity index (χ4n) is 3.54. The summed E-state index contributed by atoms with van der Waals surface area (Å²) in [4.78, 5) is 43.0. The normalized spacial score (nSPS) is 13.4. The van der Waals surface area contributed by atoms with Gasteiger partial charge in [0, 0.05) is 39.8 Å². The molecule has 32 heavy (non-hydrogen) atoms. The second-order valence-electron chi connectivity index (χ2n) is 7.48. The average molecular weight is 437 g/mol. The van der Waals surface area contributed by atoms with Gasteiger partial charge in [0.25, 0.3) is 0 Å². The number of hydrogen-bond donors (Lipinski definition) is 0. The number of fused-ring (bicyclic) bond motifs is 2. The molecule has 0 radical (unpaired) electrons. The van der Waals surface area contributed by atoms with Gasteiger partial charge in [-0.1, -0.05) is 54.6 Å². The fraction of sp³-hybridized carbons (Fsp3) is 0.320. The Morgan fingerprint density at radius 1 is 1.06 bits per heavy atom. The number of methoxy groups -OCH3 is 1. The molecule has 1 unspecified atom stereocenters. The zero-order valence-corrected chi connectivity index (χ0v) is 18.4. The number of nitrogens with zero attached hydrogens (tertiary/aromatic N) is 2. The van der Waals surface area contributed by atoms with Crippen LogP contribution < -0.4 is 4.90 Å². The van der Waals surface area contributed by atoms with Crippen LogP contribution in [0.3, 0.4) is 0 Å². The molecule has 168 valence electrons. The average Bonchev–Trinajstić information content (AvgIpc) is 2.81. The number of carbonyl (C=O) groups is 3. The van der Waals surface area contributed by atoms with Crippen LogP contribution in [-0.4, -0.2) is 43.6 Å². The van der Waals surface area contributed by atoms with Crippen LogP contribution in [-0.2, 0) is 30.5 Å². The van der Waals surface area contributed by atoms with E-state index >= 15 is 0 Å². The van der Waals surface area contributed by atoms with Gasteiger partial charge in [0.1, 0.15) is 6.29 Å². The van der Waals surface area contributed by atoms with E-state index in [1.165, 1.54) is 14.2 Å². The van der Waals surface area contributed by atoms with Crippen LogP contribution in [0.5, 0.6) is 0 Å². The molecule has 0 saturated heterocycles. The van der Waals surface area contributed by atoms with Crippen molar-refractivity contribution in [2.75, 3.05) is 19.1 Å². The van der Waals surface area contributed by atoms with Crippen molar-refractivity contribution < 1.29 is 24.0 Å². The molecular formula is C25H28N2O5. The van der Waals surface area contributed by atoms with Gasteiger partial charge in [-0.2, -0.15) is 0 Å². The van der Waals surface area contributed by atoms with E-state index in [9.17, 15) is 14.4 Å². The van der Waals surface area contributed by atoms with Crippen molar-refractivity contribution in [2.45, 2.75) is 38.5 Å². The molecule has 1 heterocycles. The van der Waals surface area contributed by atoms with E-state index in [0.29, 0.717) is 12.8 Å². The van der Waals surface area contributed by atoms with Gasteiger partial charge in [-0.3, -0.25) is 9.59 Å². The Labute approximate surface area is 188 Å². The van der Waals surface area contributed by atoms with Crippen molar-refractivity contribution in [3.05, 3.63) is 65.2 Å². The minimum atomic E-state index is -0.763. The predicted molar refractivity (Wildman–Crippen MR) is 122 cm³/mol. The van der Waals surface area contributed by atoms with Gasteiger partial charge in [-0.25, -0.2) is 9.90 Å². The summed E-state index contributed by atoms with van der Waals surface area (Å²) in [5.74, 6) is -0.394. The first-order valence-corrected chi connectivity index (χ1v) is 10.6. The number of carbonyl (C=O) groups excluding carboxylic acids is 3. The van der Waals surface area contributed by atoms with Crippen LogP contribution in [0.2, 0.25) is 0 Å². The molecule has 1 aliphatic heterocycles. The van der Waals surface area contributed by atoms with E-state index in [0.717, 1.165) is 27.4 Å². The lowest BCUT2D eigenvalue weighted by Crippen LogP contribution is -2.35. The molecule has 0 N–H and O–H groups in total. The summed E-state index contributed by atoms with van der Waals surface area (Å²) in [5, 5.41) is 1.06. The monoisotopic (exact) mass is 436 g/mol. The Morgan fingerprint density at radius 3 is 2.50 bits per heavy atom. The highest BCUT2D eigenvalue weighted by Gasteiger charge is 2.23. The summed E-state index contributed by atoms with van der Waals surface area (Å²) in [6.45, 7) is 0.457. The van der Waals surface area contributed by atoms with Crippen LogP contribution in [0, 0.1) is 0 Å². The zero-order chi connectivity index (χ0) is 22.9. The van der Waals surface area contributed by atoms with Crippen molar-refractivity contribution >= 4 is 35.9 Å². The lowest BCUT2D eigenvalue weighted by Gasteiger charge is -2.28. The molecule has 0 bridgehead atoms. The van der Waals surface area contributed by atoms with Crippen LogP contribution in [0.25, 0.3) is 12.2 Å². The van der Waals surface area contributed by atoms with E-state index in [2.05, 4.69) is 6.08 Å². The molecule has 1 atom stereocenters. The first-order chi connectivity index (χ1) is 15.5. The largest absolute Gasteiger partial charge is 0.353 e. The lowest BCUT2D eigenvalue weighted by molar-refractivity contribution is -0.256. The van der Waals surface area contributed by atoms with Crippen molar-refractivity contribution in [3.63, 3.8) is 0 Å². The van der Waals surface area contributed by atoms with Gasteiger partial charge in [0.05, 0.1) is 12.2 Å². The molecular weight excluding hydrogens is 408 g/mol. The van der Waals surface area contributed by atoms with Crippen molar-refractivity contribution in [1.82, 2.24) is 5.06 Å². The van der Waals surface area contributed by atoms with E-state index in [4.69, 9.17) is 9.57 Å². The van der Waals surface area contributed by atoms with E-state index in [1.807, 2.05) is 54.6 Å². The highest BCUT2D eigenvalue weighted by Crippen LogP contribution is 2.29. The predicted octanol–water partition coefficient (Wildman–Crippen LogP) is 3.83. The number of para-hydroxylation sites is 1. The molecule has 2 aromatic rings. The van der Waals surface area contributed by atoms with Crippen LogP contribution in [0.15, 0.2) is 48.5 Å². The van der Waals surface area contributed by atoms with Gasteiger partial charge in [-0.05, 0) is 22.8 Å². The van der Waals surface area contributed by atoms with Gasteiger partial charge in [-0.15, -0.1) is 0 Å². The summed E-state index contributed by atoms with van der Waals surface area (Å²) in [6, 6.07) is 15.8. The number of anilines is 1. The Hall–Kier alpha value is -3.29. The van der Waals surface area contributed by atoms with E-state index < -0.39 is 6.29 Å². The van der Waals surface area contributed by atoms with Gasteiger partial charge in [0.15, 0.2) is 6.29 Å². The van der Waals surface area contributed by atoms with Gasteiger partial charge in [0.2, 0.25) is 11.8 Å². The smallest absolute Gasteiger partial charge is 0.246 e. The summed E-state index contributed by atoms with van der Waals surface area (Å²) in [7, 11) is 2.93. The zero-order valence-electron chi connectivity index (χ0n) is 18.4. The lowest BCUT2D eigenvalue weighted by atomic mass is 10.0. The topological polar surface area (TPSA) is 76.2 Å². The van der Waals surface area contributed by atoms with Crippen molar-refractivity contribution in [2.24, 2.45) is 0 Å². The minimum absolute atomic E-state index is 0.0624. The van der Waals surface area contributed by atoms with Crippen LogP contribution >= 0.6 is 0 Å². The fourth-order valence-corrected chi connectivity index (χ4v) is 3.54. The Kier molecular flexibility index (Phi) is 8.30. The first kappa shape index (κ1) is 23.4. The highest BCUT2D eigenvalue weighted by atomic mass is 16.8. The highest BCUT2D eigenvalue weighted by molar-refractivity contribution is 5.97. The Balaban J connectivity index is 1.71. The molecule has 0 saturated carbocycles. The molecule has 0 aliphatic carbocycles. The summed E-state index contributed by atoms with van der Waals surface area (Å²) in [6.07, 6.45) is 4.66. The maximum absolute atomic E-state index is 13.3. The third-order valence-electron chi connectivity index (χ3n) is 5.31. The first-order valence-electron chi connectivity index (χ1n) is 10.6. The summed E-state index contributed by atoms with van der Waals surface area (Å²) in [5.41, 5.74) is 3.95. The van der Waals surface area contributed by atoms with E-state index in [-0.39, 0.29) is 37.5 Å². The molecule has 0 fully saturated rings. The second kappa shape index (κ2) is 11.4. The number of hydroxylamine groups is 2. The van der Waals surface area contributed by atoms with Crippen molar-refractivity contribution in [3.8, 4) is 0 Å². The van der Waals surface area contributed by atoms with E-state index in [1.54, 1.807) is 4.90 Å². The minimum Gasteiger partial charge on any atom is -0.353 e. The standard InChI is InChI=1S/C25H28N2O5/c1-26(23(29)12-7-17-28)32-25(31-2)16-15-24(30)27-18-21-10-4-3-8-19(21)13-14-20-9-5-6-11-22(20)27/h3-6,8-11,13-14,17,25H,7,12,15-16,18H2,1-2H3. The molecule has 2 aromatic carbocycles. The number of rotatable bonds is 9. The number of ether oxygens (including phenoxy) is 1. The van der Waals surface area contributed by atoms with Gasteiger partial charge < -0.3 is 14.4 Å². The summed E-state index contributed by atoms with van der Waals surface area (Å²) < 4.78 is 5.32. The third-order valence-corrected chi connectivity index (χ3v) is 5.31. The van der Waals surface area contributed by atoms with Crippen LogP contribution in [0.4, 0.5) is 5.69 Å². The Morgan fingerprint density at radius 2 is 1.75 bits per heavy atom. The van der Waals surface area contributed by atoms with Gasteiger partial charge >= 0.3 is 0 Å².